The van der Waals surface area contributed by atoms with Gasteiger partial charge in [-0.15, -0.1) is 0 Å². The van der Waals surface area contributed by atoms with E-state index in [-0.39, 0.29) is 0 Å². The second-order valence-corrected chi connectivity index (χ2v) is 4.41. The van der Waals surface area contributed by atoms with E-state index in [0.29, 0.717) is 6.04 Å². The lowest BCUT2D eigenvalue weighted by Crippen LogP contribution is -2.21. The molecular weight excluding hydrogens is 182 g/mol. The smallest absolute Gasteiger partial charge is 0.0322 e. The van der Waals surface area contributed by atoms with Gasteiger partial charge in [0.15, 0.2) is 0 Å². The lowest BCUT2D eigenvalue weighted by Gasteiger charge is -2.19. The largest absolute Gasteiger partial charge is 0.310 e. The second kappa shape index (κ2) is 5.32. The normalized spacial score (nSPS) is 22.3. The molecule has 15 heavy (non-hydrogen) atoms. The third-order valence-electron chi connectivity index (χ3n) is 3.37. The molecule has 1 aromatic rings. The third kappa shape index (κ3) is 2.60. The Hall–Kier alpha value is -0.820. The minimum atomic E-state index is 0.601. The quantitative estimate of drug-likeness (QED) is 0.776. The molecular formula is C14H21N. The summed E-state index contributed by atoms with van der Waals surface area (Å²) in [6, 6.07) is 9.48. The van der Waals surface area contributed by atoms with Gasteiger partial charge in [0, 0.05) is 6.04 Å². The summed E-state index contributed by atoms with van der Waals surface area (Å²) >= 11 is 0. The van der Waals surface area contributed by atoms with Gasteiger partial charge in [-0.25, -0.2) is 0 Å². The van der Waals surface area contributed by atoms with Gasteiger partial charge < -0.3 is 5.32 Å². The highest BCUT2D eigenvalue weighted by molar-refractivity contribution is 5.30. The third-order valence-corrected chi connectivity index (χ3v) is 3.37. The summed E-state index contributed by atoms with van der Waals surface area (Å²) in [6.07, 6.45) is 6.55. The van der Waals surface area contributed by atoms with Crippen molar-refractivity contribution in [3.8, 4) is 0 Å². The summed E-state index contributed by atoms with van der Waals surface area (Å²) < 4.78 is 0. The highest BCUT2D eigenvalue weighted by Crippen LogP contribution is 2.25. The number of aryl methyl sites for hydroxylation is 1. The Kier molecular flexibility index (Phi) is 3.79. The summed E-state index contributed by atoms with van der Waals surface area (Å²) in [6.45, 7) is 3.43. The van der Waals surface area contributed by atoms with Crippen LogP contribution in [0.4, 0.5) is 0 Å². The average Bonchev–Trinajstić information content (AvgIpc) is 2.57. The van der Waals surface area contributed by atoms with Crippen molar-refractivity contribution in [3.63, 3.8) is 0 Å². The molecule has 0 amide bonds. The summed E-state index contributed by atoms with van der Waals surface area (Å²) in [5.41, 5.74) is 3.04. The molecule has 82 valence electrons. The van der Waals surface area contributed by atoms with Crippen molar-refractivity contribution >= 4 is 0 Å². The number of rotatable bonds is 2. The molecule has 0 spiro atoms. The fourth-order valence-electron chi connectivity index (χ4n) is 2.49. The van der Waals surface area contributed by atoms with Gasteiger partial charge in [-0.1, -0.05) is 44.0 Å². The van der Waals surface area contributed by atoms with Gasteiger partial charge in [-0.3, -0.25) is 0 Å². The predicted molar refractivity (Wildman–Crippen MR) is 65.0 cm³/mol. The van der Waals surface area contributed by atoms with E-state index in [1.54, 1.807) is 0 Å². The Bertz CT molecular complexity index is 298. The molecule has 0 saturated carbocycles. The lowest BCUT2D eigenvalue weighted by molar-refractivity contribution is 0.531. The zero-order chi connectivity index (χ0) is 10.5. The maximum atomic E-state index is 3.67. The van der Waals surface area contributed by atoms with Crippen molar-refractivity contribution in [1.29, 1.82) is 0 Å². The first kappa shape index (κ1) is 10.7. The summed E-state index contributed by atoms with van der Waals surface area (Å²) in [4.78, 5) is 0. The molecule has 1 atom stereocenters. The van der Waals surface area contributed by atoms with Gasteiger partial charge in [-0.2, -0.15) is 0 Å². The minimum Gasteiger partial charge on any atom is -0.310 e. The first-order valence-electron chi connectivity index (χ1n) is 6.23. The van der Waals surface area contributed by atoms with Crippen molar-refractivity contribution < 1.29 is 0 Å². The van der Waals surface area contributed by atoms with Gasteiger partial charge in [0.2, 0.25) is 0 Å². The zero-order valence-corrected chi connectivity index (χ0v) is 9.63. The van der Waals surface area contributed by atoms with E-state index in [9.17, 15) is 0 Å². The Morgan fingerprint density at radius 2 is 2.07 bits per heavy atom. The Labute approximate surface area is 92.9 Å². The topological polar surface area (TPSA) is 12.0 Å². The molecule has 1 heteroatoms. The van der Waals surface area contributed by atoms with Crippen LogP contribution in [0.1, 0.15) is 49.8 Å². The molecule has 2 rings (SSSR count). The van der Waals surface area contributed by atoms with Gasteiger partial charge in [0.25, 0.3) is 0 Å². The average molecular weight is 203 g/mol. The first-order chi connectivity index (χ1) is 7.42. The van der Waals surface area contributed by atoms with E-state index in [2.05, 4.69) is 36.5 Å². The van der Waals surface area contributed by atoms with Crippen molar-refractivity contribution in [1.82, 2.24) is 5.32 Å². The van der Waals surface area contributed by atoms with E-state index >= 15 is 0 Å². The van der Waals surface area contributed by atoms with Crippen LogP contribution in [0.25, 0.3) is 0 Å². The van der Waals surface area contributed by atoms with Crippen LogP contribution in [-0.4, -0.2) is 6.54 Å². The maximum absolute atomic E-state index is 3.67. The second-order valence-electron chi connectivity index (χ2n) is 4.41. The maximum Gasteiger partial charge on any atom is 0.0322 e. The lowest BCUT2D eigenvalue weighted by atomic mass is 9.96. The van der Waals surface area contributed by atoms with E-state index in [0.717, 1.165) is 6.42 Å². The standard InChI is InChI=1S/C14H21N/c1-2-12-8-5-6-9-13(12)14-10-4-3-7-11-15-14/h5-6,8-9,14-15H,2-4,7,10-11H2,1H3. The highest BCUT2D eigenvalue weighted by Gasteiger charge is 2.15. The summed E-state index contributed by atoms with van der Waals surface area (Å²) in [5.74, 6) is 0. The minimum absolute atomic E-state index is 0.601. The van der Waals surface area contributed by atoms with Gasteiger partial charge in [0.1, 0.15) is 0 Å². The van der Waals surface area contributed by atoms with E-state index in [4.69, 9.17) is 0 Å². The van der Waals surface area contributed by atoms with E-state index in [1.807, 2.05) is 0 Å². The molecule has 0 radical (unpaired) electrons. The Morgan fingerprint density at radius 3 is 2.93 bits per heavy atom. The number of benzene rings is 1. The molecule has 1 aromatic carbocycles. The van der Waals surface area contributed by atoms with Crippen LogP contribution in [-0.2, 0) is 6.42 Å². The molecule has 1 N–H and O–H groups in total. The Balaban J connectivity index is 2.18. The van der Waals surface area contributed by atoms with Gasteiger partial charge >= 0.3 is 0 Å². The van der Waals surface area contributed by atoms with Crippen molar-refractivity contribution in [2.45, 2.75) is 45.1 Å². The van der Waals surface area contributed by atoms with Crippen LogP contribution in [0.5, 0.6) is 0 Å². The molecule has 1 fully saturated rings. The molecule has 1 heterocycles. The van der Waals surface area contributed by atoms with Crippen molar-refractivity contribution in [3.05, 3.63) is 35.4 Å². The van der Waals surface area contributed by atoms with Crippen molar-refractivity contribution in [2.75, 3.05) is 6.54 Å². The van der Waals surface area contributed by atoms with Crippen LogP contribution in [0, 0.1) is 0 Å². The van der Waals surface area contributed by atoms with Crippen LogP contribution in [0.2, 0.25) is 0 Å². The van der Waals surface area contributed by atoms with Crippen LogP contribution in [0.3, 0.4) is 0 Å². The molecule has 1 unspecified atom stereocenters. The van der Waals surface area contributed by atoms with E-state index < -0.39 is 0 Å². The van der Waals surface area contributed by atoms with Gasteiger partial charge in [-0.05, 0) is 36.9 Å². The molecule has 1 aliphatic rings. The summed E-state index contributed by atoms with van der Waals surface area (Å²) in [7, 11) is 0. The predicted octanol–water partition coefficient (Wildman–Crippen LogP) is 3.45. The van der Waals surface area contributed by atoms with Crippen LogP contribution >= 0.6 is 0 Å². The molecule has 1 saturated heterocycles. The molecule has 0 bridgehead atoms. The number of hydrogen-bond acceptors (Lipinski definition) is 1. The van der Waals surface area contributed by atoms with Crippen LogP contribution < -0.4 is 5.32 Å². The zero-order valence-electron chi connectivity index (χ0n) is 9.63. The number of hydrogen-bond donors (Lipinski definition) is 1. The van der Waals surface area contributed by atoms with Gasteiger partial charge in [0.05, 0.1) is 0 Å². The SMILES string of the molecule is CCc1ccccc1C1CCCCCN1. The highest BCUT2D eigenvalue weighted by atomic mass is 14.9. The first-order valence-corrected chi connectivity index (χ1v) is 6.23. The number of nitrogens with one attached hydrogen (secondary N) is 1. The molecule has 1 nitrogen and oxygen atoms in total. The van der Waals surface area contributed by atoms with Crippen LogP contribution in [0.15, 0.2) is 24.3 Å². The van der Waals surface area contributed by atoms with E-state index in [1.165, 1.54) is 43.4 Å². The fraction of sp³-hybridized carbons (Fsp3) is 0.571. The molecule has 0 aliphatic carbocycles. The summed E-state index contributed by atoms with van der Waals surface area (Å²) in [5, 5.41) is 3.67. The van der Waals surface area contributed by atoms with Crippen molar-refractivity contribution in [2.24, 2.45) is 0 Å². The molecule has 1 aliphatic heterocycles. The Morgan fingerprint density at radius 1 is 1.20 bits per heavy atom. The fourth-order valence-corrected chi connectivity index (χ4v) is 2.49. The monoisotopic (exact) mass is 203 g/mol. The molecule has 0 aromatic heterocycles.